The van der Waals surface area contributed by atoms with E-state index in [0.717, 1.165) is 19.2 Å². The molecule has 0 atom stereocenters. The topological polar surface area (TPSA) is 63.6 Å². The second kappa shape index (κ2) is 5.20. The Morgan fingerprint density at radius 2 is 2.00 bits per heavy atom. The normalized spacial score (nSPS) is 11.1. The van der Waals surface area contributed by atoms with Gasteiger partial charge in [0.1, 0.15) is 11.6 Å². The maximum absolute atomic E-state index is 13.1. The van der Waals surface area contributed by atoms with Gasteiger partial charge in [-0.15, -0.1) is 0 Å². The van der Waals surface area contributed by atoms with Gasteiger partial charge >= 0.3 is 5.97 Å². The highest BCUT2D eigenvalue weighted by molar-refractivity contribution is 6.08. The average molecular weight is 242 g/mol. The summed E-state index contributed by atoms with van der Waals surface area (Å²) in [6, 6.07) is 2.32. The van der Waals surface area contributed by atoms with Crippen LogP contribution in [0.2, 0.25) is 0 Å². The van der Waals surface area contributed by atoms with Gasteiger partial charge in [0.25, 0.3) is 0 Å². The van der Waals surface area contributed by atoms with Crippen molar-refractivity contribution in [3.63, 3.8) is 0 Å². The van der Waals surface area contributed by atoms with Crippen LogP contribution in [-0.4, -0.2) is 24.0 Å². The summed E-state index contributed by atoms with van der Waals surface area (Å²) in [5.41, 5.74) is -0.457. The van der Waals surface area contributed by atoms with E-state index in [1.807, 2.05) is 0 Å². The zero-order valence-corrected chi connectivity index (χ0v) is 8.74. The van der Waals surface area contributed by atoms with Crippen LogP contribution in [0.3, 0.4) is 0 Å². The Bertz CT molecular complexity index is 494. The van der Waals surface area contributed by atoms with Crippen molar-refractivity contribution in [1.29, 1.82) is 0 Å². The van der Waals surface area contributed by atoms with Crippen LogP contribution in [0.5, 0.6) is 0 Å². The summed E-state index contributed by atoms with van der Waals surface area (Å²) >= 11 is 0. The molecule has 0 fully saturated rings. The van der Waals surface area contributed by atoms with Crippen molar-refractivity contribution < 1.29 is 28.2 Å². The lowest BCUT2D eigenvalue weighted by molar-refractivity contribution is -0.139. The number of methoxy groups -OCH3 is 1. The van der Waals surface area contributed by atoms with Crippen LogP contribution in [0.1, 0.15) is 10.4 Å². The Hall–Kier alpha value is -2.24. The minimum atomic E-state index is -1.12. The molecule has 0 spiro atoms. The van der Waals surface area contributed by atoms with E-state index >= 15 is 0 Å². The summed E-state index contributed by atoms with van der Waals surface area (Å²) in [7, 11) is 1.01. The fraction of sp³-hybridized carbons (Fsp3) is 0.0909. The smallest absolute Gasteiger partial charge is 0.373 e. The first-order valence-corrected chi connectivity index (χ1v) is 4.44. The molecule has 0 aliphatic carbocycles. The second-order valence-corrected chi connectivity index (χ2v) is 3.01. The fourth-order valence-corrected chi connectivity index (χ4v) is 1.05. The van der Waals surface area contributed by atoms with Gasteiger partial charge in [-0.3, -0.25) is 4.79 Å². The molecule has 0 aromatic heterocycles. The minimum Gasteiger partial charge on any atom is -0.502 e. The Morgan fingerprint density at radius 1 is 1.35 bits per heavy atom. The van der Waals surface area contributed by atoms with Gasteiger partial charge in [0.15, 0.2) is 5.78 Å². The molecule has 17 heavy (non-hydrogen) atoms. The average Bonchev–Trinajstić information content (AvgIpc) is 2.27. The zero-order chi connectivity index (χ0) is 13.0. The van der Waals surface area contributed by atoms with Gasteiger partial charge in [0.05, 0.1) is 12.7 Å². The second-order valence-electron chi connectivity index (χ2n) is 3.01. The first-order chi connectivity index (χ1) is 7.95. The number of esters is 1. The van der Waals surface area contributed by atoms with Crippen molar-refractivity contribution in [3.05, 3.63) is 47.2 Å². The molecule has 4 nitrogen and oxygen atoms in total. The molecule has 0 bridgehead atoms. The molecule has 0 radical (unpaired) electrons. The van der Waals surface area contributed by atoms with E-state index in [9.17, 15) is 18.4 Å². The molecule has 0 aliphatic rings. The van der Waals surface area contributed by atoms with Crippen LogP contribution in [-0.2, 0) is 9.53 Å². The maximum Gasteiger partial charge on any atom is 0.373 e. The lowest BCUT2D eigenvalue weighted by atomic mass is 10.1. The predicted octanol–water partition coefficient (Wildman–Crippen LogP) is 1.76. The third kappa shape index (κ3) is 3.10. The molecule has 1 aromatic carbocycles. The molecule has 1 N–H and O–H groups in total. The van der Waals surface area contributed by atoms with Gasteiger partial charge < -0.3 is 9.84 Å². The number of carbonyl (C=O) groups is 2. The third-order valence-electron chi connectivity index (χ3n) is 1.86. The van der Waals surface area contributed by atoms with Crippen molar-refractivity contribution in [2.45, 2.75) is 0 Å². The standard InChI is InChI=1S/C11H8F2O4/c1-17-11(16)10(15)5-9(14)7-3-2-6(12)4-8(7)13/h2-5,15H,1H3/b10-5-. The van der Waals surface area contributed by atoms with Crippen LogP contribution in [0, 0.1) is 11.6 Å². The SMILES string of the molecule is COC(=O)/C(O)=C/C(=O)c1ccc(F)cc1F. The number of hydrogen-bond acceptors (Lipinski definition) is 4. The highest BCUT2D eigenvalue weighted by atomic mass is 19.1. The summed E-state index contributed by atoms with van der Waals surface area (Å²) in [5, 5.41) is 9.06. The number of hydrogen-bond donors (Lipinski definition) is 1. The van der Waals surface area contributed by atoms with E-state index in [2.05, 4.69) is 4.74 Å². The van der Waals surface area contributed by atoms with E-state index in [4.69, 9.17) is 5.11 Å². The number of carbonyl (C=O) groups excluding carboxylic acids is 2. The Kier molecular flexibility index (Phi) is 3.92. The molecule has 0 heterocycles. The van der Waals surface area contributed by atoms with Crippen molar-refractivity contribution in [2.24, 2.45) is 0 Å². The van der Waals surface area contributed by atoms with Gasteiger partial charge in [-0.1, -0.05) is 0 Å². The molecule has 90 valence electrons. The molecular weight excluding hydrogens is 234 g/mol. The summed E-state index contributed by atoms with van der Waals surface area (Å²) in [6.45, 7) is 0. The third-order valence-corrected chi connectivity index (χ3v) is 1.86. The number of halogens is 2. The first-order valence-electron chi connectivity index (χ1n) is 4.44. The molecule has 1 aromatic rings. The number of benzene rings is 1. The van der Waals surface area contributed by atoms with Gasteiger partial charge in [-0.2, -0.15) is 0 Å². The zero-order valence-electron chi connectivity index (χ0n) is 8.74. The van der Waals surface area contributed by atoms with E-state index in [0.29, 0.717) is 12.1 Å². The van der Waals surface area contributed by atoms with E-state index in [1.165, 1.54) is 0 Å². The molecular formula is C11H8F2O4. The molecule has 0 amide bonds. The fourth-order valence-electron chi connectivity index (χ4n) is 1.05. The van der Waals surface area contributed by atoms with E-state index in [1.54, 1.807) is 0 Å². The monoisotopic (exact) mass is 242 g/mol. The molecule has 0 saturated heterocycles. The highest BCUT2D eigenvalue weighted by Crippen LogP contribution is 2.11. The van der Waals surface area contributed by atoms with Crippen molar-refractivity contribution in [2.75, 3.05) is 7.11 Å². The molecule has 0 saturated carbocycles. The number of allylic oxidation sites excluding steroid dienone is 1. The van der Waals surface area contributed by atoms with Crippen LogP contribution in [0.4, 0.5) is 8.78 Å². The Morgan fingerprint density at radius 3 is 2.53 bits per heavy atom. The number of aliphatic hydroxyl groups excluding tert-OH is 1. The quantitative estimate of drug-likeness (QED) is 0.379. The number of ketones is 1. The maximum atomic E-state index is 13.1. The summed E-state index contributed by atoms with van der Waals surface area (Å²) in [4.78, 5) is 22.2. The number of rotatable bonds is 3. The highest BCUT2D eigenvalue weighted by Gasteiger charge is 2.14. The van der Waals surface area contributed by atoms with Crippen LogP contribution >= 0.6 is 0 Å². The van der Waals surface area contributed by atoms with Gasteiger partial charge in [-0.25, -0.2) is 13.6 Å². The number of ether oxygens (including phenoxy) is 1. The van der Waals surface area contributed by atoms with Crippen LogP contribution < -0.4 is 0 Å². The van der Waals surface area contributed by atoms with Crippen molar-refractivity contribution >= 4 is 11.8 Å². The Labute approximate surface area is 95.1 Å². The molecule has 6 heteroatoms. The van der Waals surface area contributed by atoms with E-state index < -0.39 is 34.7 Å². The predicted molar refractivity (Wildman–Crippen MR) is 53.4 cm³/mol. The van der Waals surface area contributed by atoms with Crippen LogP contribution in [0.25, 0.3) is 0 Å². The number of aliphatic hydroxyl groups is 1. The summed E-state index contributed by atoms with van der Waals surface area (Å²) in [5.74, 6) is -4.96. The van der Waals surface area contributed by atoms with Crippen molar-refractivity contribution in [1.82, 2.24) is 0 Å². The van der Waals surface area contributed by atoms with Gasteiger partial charge in [0, 0.05) is 12.1 Å². The lowest BCUT2D eigenvalue weighted by Gasteiger charge is -2.00. The largest absolute Gasteiger partial charge is 0.502 e. The molecule has 0 aliphatic heterocycles. The lowest BCUT2D eigenvalue weighted by Crippen LogP contribution is -2.08. The van der Waals surface area contributed by atoms with Crippen LogP contribution in [0.15, 0.2) is 30.0 Å². The molecule has 1 rings (SSSR count). The van der Waals surface area contributed by atoms with Gasteiger partial charge in [0.2, 0.25) is 5.76 Å². The molecule has 0 unspecified atom stereocenters. The summed E-state index contributed by atoms with van der Waals surface area (Å²) < 4.78 is 29.8. The summed E-state index contributed by atoms with van der Waals surface area (Å²) in [6.07, 6.45) is 0.502. The Balaban J connectivity index is 3.02. The van der Waals surface area contributed by atoms with Gasteiger partial charge in [-0.05, 0) is 12.1 Å². The van der Waals surface area contributed by atoms with Crippen molar-refractivity contribution in [3.8, 4) is 0 Å². The first kappa shape index (κ1) is 12.8. The van der Waals surface area contributed by atoms with E-state index in [-0.39, 0.29) is 0 Å². The minimum absolute atomic E-state index is 0.457.